The Morgan fingerprint density at radius 3 is 2.52 bits per heavy atom. The van der Waals surface area contributed by atoms with E-state index in [9.17, 15) is 14.7 Å². The van der Waals surface area contributed by atoms with E-state index in [-0.39, 0.29) is 17.9 Å². The zero-order chi connectivity index (χ0) is 33.8. The van der Waals surface area contributed by atoms with Gasteiger partial charge in [-0.3, -0.25) is 4.79 Å². The number of aliphatic hydroxyl groups excluding tert-OH is 1. The van der Waals surface area contributed by atoms with E-state index in [1.165, 1.54) is 22.3 Å². The number of nitrogens with zero attached hydrogens (tertiary/aromatic N) is 4. The van der Waals surface area contributed by atoms with E-state index in [0.717, 1.165) is 54.7 Å². The first kappa shape index (κ1) is 33.4. The largest absolute Gasteiger partial charge is 0.462 e. The minimum Gasteiger partial charge on any atom is -0.462 e. The Bertz CT molecular complexity index is 1770. The molecule has 0 bridgehead atoms. The number of esters is 1. The molecule has 252 valence electrons. The number of hydrogen-bond acceptors (Lipinski definition) is 7. The Morgan fingerprint density at radius 1 is 1.00 bits per heavy atom. The van der Waals surface area contributed by atoms with Crippen molar-refractivity contribution in [3.8, 4) is 17.1 Å². The molecule has 9 nitrogen and oxygen atoms in total. The summed E-state index contributed by atoms with van der Waals surface area (Å²) >= 11 is 0. The minimum absolute atomic E-state index is 0.139. The SMILES string of the molecule is CCOC(=O)c1cnn(-c2cccc(-c3cccc4c3C(Nc3ccc(C5CCN(C(=O)C(O)CC)CC5)c(CC)c3)CC4)n2)c1CC. The van der Waals surface area contributed by atoms with Crippen LogP contribution in [0.1, 0.15) is 104 Å². The number of amides is 1. The van der Waals surface area contributed by atoms with Gasteiger partial charge >= 0.3 is 5.97 Å². The fraction of sp³-hybridized carbons (Fsp3) is 0.436. The number of piperidine rings is 1. The molecule has 1 aliphatic carbocycles. The molecule has 0 radical (unpaired) electrons. The van der Waals surface area contributed by atoms with Crippen molar-refractivity contribution in [3.05, 3.63) is 94.3 Å². The number of carbonyl (C=O) groups excluding carboxylic acids is 2. The van der Waals surface area contributed by atoms with Crippen LogP contribution < -0.4 is 5.32 Å². The van der Waals surface area contributed by atoms with Crippen LogP contribution in [-0.4, -0.2) is 62.4 Å². The molecule has 6 rings (SSSR count). The summed E-state index contributed by atoms with van der Waals surface area (Å²) in [5.41, 5.74) is 9.65. The van der Waals surface area contributed by atoms with Crippen molar-refractivity contribution < 1.29 is 19.4 Å². The van der Waals surface area contributed by atoms with E-state index < -0.39 is 6.10 Å². The highest BCUT2D eigenvalue weighted by Crippen LogP contribution is 2.41. The molecule has 48 heavy (non-hydrogen) atoms. The number of hydrogen-bond donors (Lipinski definition) is 2. The van der Waals surface area contributed by atoms with Gasteiger partial charge in [0.15, 0.2) is 5.82 Å². The standard InChI is InChI=1S/C39H47N5O4/c1-5-25-23-28(16-17-29(25)26-19-21-43(22-20-26)38(46)35(45)7-3)41-33-18-15-27-11-9-12-30(37(27)33)32-13-10-14-36(42-32)44-34(6-2)31(24-40-44)39(47)48-8-4/h9-14,16-17,23-24,26,33,35,41,45H,5-8,15,18-22H2,1-4H3. The first-order chi connectivity index (χ1) is 23.4. The number of aliphatic hydroxyl groups is 1. The maximum absolute atomic E-state index is 12.6. The molecule has 2 aromatic heterocycles. The lowest BCUT2D eigenvalue weighted by Crippen LogP contribution is -2.43. The van der Waals surface area contributed by atoms with E-state index in [1.54, 1.807) is 17.8 Å². The third-order valence-electron chi connectivity index (χ3n) is 9.96. The number of ether oxygens (including phenoxy) is 1. The molecule has 9 heteroatoms. The Balaban J connectivity index is 1.23. The van der Waals surface area contributed by atoms with Gasteiger partial charge < -0.3 is 20.1 Å². The molecule has 0 spiro atoms. The average Bonchev–Trinajstić information content (AvgIpc) is 3.75. The van der Waals surface area contributed by atoms with Crippen LogP contribution in [0.25, 0.3) is 17.1 Å². The Morgan fingerprint density at radius 2 is 1.79 bits per heavy atom. The molecule has 0 saturated carbocycles. The molecule has 4 aromatic rings. The molecular weight excluding hydrogens is 602 g/mol. The third-order valence-corrected chi connectivity index (χ3v) is 9.96. The van der Waals surface area contributed by atoms with Gasteiger partial charge in [-0.25, -0.2) is 14.5 Å². The lowest BCUT2D eigenvalue weighted by molar-refractivity contribution is -0.141. The molecule has 1 aliphatic heterocycles. The van der Waals surface area contributed by atoms with Gasteiger partial charge in [0.1, 0.15) is 11.7 Å². The van der Waals surface area contributed by atoms with Crippen molar-refractivity contribution in [2.45, 2.75) is 90.7 Å². The van der Waals surface area contributed by atoms with Gasteiger partial charge in [0.25, 0.3) is 5.91 Å². The fourth-order valence-corrected chi connectivity index (χ4v) is 7.43. The van der Waals surface area contributed by atoms with Crippen molar-refractivity contribution in [2.24, 2.45) is 0 Å². The van der Waals surface area contributed by atoms with Crippen LogP contribution in [0.5, 0.6) is 0 Å². The number of aromatic nitrogens is 3. The number of likely N-dealkylation sites (tertiary alicyclic amines) is 1. The molecule has 2 atom stereocenters. The predicted octanol–water partition coefficient (Wildman–Crippen LogP) is 6.81. The van der Waals surface area contributed by atoms with Gasteiger partial charge in [-0.05, 0) is 104 Å². The van der Waals surface area contributed by atoms with E-state index in [2.05, 4.69) is 53.7 Å². The second-order valence-electron chi connectivity index (χ2n) is 12.8. The first-order valence-electron chi connectivity index (χ1n) is 17.6. The normalized spacial score (nSPS) is 16.9. The van der Waals surface area contributed by atoms with E-state index in [1.807, 2.05) is 36.9 Å². The summed E-state index contributed by atoms with van der Waals surface area (Å²) in [5, 5.41) is 18.4. The summed E-state index contributed by atoms with van der Waals surface area (Å²) in [4.78, 5) is 31.9. The Labute approximate surface area is 283 Å². The second-order valence-corrected chi connectivity index (χ2v) is 12.8. The summed E-state index contributed by atoms with van der Waals surface area (Å²) in [6.07, 6.45) is 6.50. The number of pyridine rings is 1. The topological polar surface area (TPSA) is 110 Å². The molecule has 2 N–H and O–H groups in total. The maximum atomic E-state index is 12.6. The van der Waals surface area contributed by atoms with Crippen molar-refractivity contribution in [3.63, 3.8) is 0 Å². The summed E-state index contributed by atoms with van der Waals surface area (Å²) in [5.74, 6) is 0.570. The van der Waals surface area contributed by atoms with Crippen LogP contribution in [0.15, 0.2) is 60.8 Å². The Hall–Kier alpha value is -4.50. The van der Waals surface area contributed by atoms with Crippen LogP contribution in [0.2, 0.25) is 0 Å². The van der Waals surface area contributed by atoms with E-state index in [4.69, 9.17) is 9.72 Å². The van der Waals surface area contributed by atoms with Gasteiger partial charge in [0.2, 0.25) is 0 Å². The molecule has 1 saturated heterocycles. The molecule has 2 aliphatic rings. The number of carbonyl (C=O) groups is 2. The zero-order valence-corrected chi connectivity index (χ0v) is 28.5. The summed E-state index contributed by atoms with van der Waals surface area (Å²) in [6, 6.07) is 19.4. The van der Waals surface area contributed by atoms with Crippen LogP contribution in [0.4, 0.5) is 5.69 Å². The molecule has 2 unspecified atom stereocenters. The number of nitrogens with one attached hydrogen (secondary N) is 1. The average molecular weight is 650 g/mol. The van der Waals surface area contributed by atoms with Crippen molar-refractivity contribution in [1.29, 1.82) is 0 Å². The second kappa shape index (κ2) is 14.7. The van der Waals surface area contributed by atoms with Crippen molar-refractivity contribution in [2.75, 3.05) is 25.0 Å². The summed E-state index contributed by atoms with van der Waals surface area (Å²) < 4.78 is 7.01. The van der Waals surface area contributed by atoms with Crippen molar-refractivity contribution >= 4 is 17.6 Å². The van der Waals surface area contributed by atoms with Crippen LogP contribution >= 0.6 is 0 Å². The first-order valence-corrected chi connectivity index (χ1v) is 17.6. The third kappa shape index (κ3) is 6.61. The highest BCUT2D eigenvalue weighted by atomic mass is 16.5. The minimum atomic E-state index is -0.893. The molecule has 2 aromatic carbocycles. The lowest BCUT2D eigenvalue weighted by Gasteiger charge is -2.34. The maximum Gasteiger partial charge on any atom is 0.341 e. The highest BCUT2D eigenvalue weighted by Gasteiger charge is 2.29. The number of anilines is 1. The van der Waals surface area contributed by atoms with Crippen LogP contribution in [-0.2, 0) is 28.8 Å². The van der Waals surface area contributed by atoms with Gasteiger partial charge in [0, 0.05) is 24.3 Å². The lowest BCUT2D eigenvalue weighted by atomic mass is 9.85. The van der Waals surface area contributed by atoms with Crippen LogP contribution in [0, 0.1) is 0 Å². The van der Waals surface area contributed by atoms with Gasteiger partial charge in [-0.1, -0.05) is 51.1 Å². The smallest absolute Gasteiger partial charge is 0.341 e. The van der Waals surface area contributed by atoms with Crippen LogP contribution in [0.3, 0.4) is 0 Å². The predicted molar refractivity (Wildman–Crippen MR) is 187 cm³/mol. The molecule has 1 fully saturated rings. The number of benzene rings is 2. The monoisotopic (exact) mass is 649 g/mol. The van der Waals surface area contributed by atoms with Gasteiger partial charge in [-0.15, -0.1) is 0 Å². The molecule has 1 amide bonds. The molecule has 3 heterocycles. The van der Waals surface area contributed by atoms with Crippen molar-refractivity contribution in [1.82, 2.24) is 19.7 Å². The van der Waals surface area contributed by atoms with E-state index >= 15 is 0 Å². The number of rotatable bonds is 11. The zero-order valence-electron chi connectivity index (χ0n) is 28.5. The fourth-order valence-electron chi connectivity index (χ4n) is 7.43. The summed E-state index contributed by atoms with van der Waals surface area (Å²) in [7, 11) is 0. The molecular formula is C39H47N5O4. The number of aryl methyl sites for hydroxylation is 2. The number of fused-ring (bicyclic) bond motifs is 1. The quantitative estimate of drug-likeness (QED) is 0.172. The Kier molecular flexibility index (Phi) is 10.2. The van der Waals surface area contributed by atoms with E-state index in [0.29, 0.717) is 49.8 Å². The highest BCUT2D eigenvalue weighted by molar-refractivity contribution is 5.90. The summed E-state index contributed by atoms with van der Waals surface area (Å²) in [6.45, 7) is 9.54. The van der Waals surface area contributed by atoms with Gasteiger partial charge in [0.05, 0.1) is 30.2 Å². The van der Waals surface area contributed by atoms with Gasteiger partial charge in [-0.2, -0.15) is 5.10 Å².